The number of rotatable bonds is 24. The summed E-state index contributed by atoms with van der Waals surface area (Å²) >= 11 is 0. The predicted molar refractivity (Wildman–Crippen MR) is 249 cm³/mol. The van der Waals surface area contributed by atoms with Gasteiger partial charge in [-0.1, -0.05) is 71.4 Å². The van der Waals surface area contributed by atoms with Crippen molar-refractivity contribution in [2.45, 2.75) is 183 Å². The molecule has 67 heavy (non-hydrogen) atoms. The van der Waals surface area contributed by atoms with Gasteiger partial charge in [-0.05, 0) is 114 Å². The molecule has 380 valence electrons. The molecule has 0 fully saturated rings. The van der Waals surface area contributed by atoms with Crippen LogP contribution >= 0.6 is 0 Å². The van der Waals surface area contributed by atoms with Crippen molar-refractivity contribution in [3.05, 3.63) is 35.5 Å². The van der Waals surface area contributed by atoms with E-state index in [-0.39, 0.29) is 55.3 Å². The maximum atomic E-state index is 13.3. The number of carbonyl (C=O) groups is 8. The van der Waals surface area contributed by atoms with Crippen LogP contribution in [0.2, 0.25) is 0 Å². The number of aliphatic carboxylic acids is 4. The Kier molecular flexibility index (Phi) is 28.7. The molecule has 0 radical (unpaired) electrons. The lowest BCUT2D eigenvalue weighted by molar-refractivity contribution is -0.158. The number of esters is 3. The molecular weight excluding hydrogens is 869 g/mol. The molecule has 0 saturated carbocycles. The summed E-state index contributed by atoms with van der Waals surface area (Å²) in [5.41, 5.74) is 1.70. The maximum absolute atomic E-state index is 13.3. The predicted octanol–water partition coefficient (Wildman–Crippen LogP) is 8.76. The third kappa shape index (κ3) is 26.3. The Morgan fingerprint density at radius 3 is 2.13 bits per heavy atom. The van der Waals surface area contributed by atoms with Crippen molar-refractivity contribution in [1.29, 1.82) is 0 Å². The zero-order chi connectivity index (χ0) is 50.8. The number of cyclic esters (lactones) is 2. The van der Waals surface area contributed by atoms with Gasteiger partial charge in [0, 0.05) is 18.3 Å². The molecule has 0 amide bonds. The van der Waals surface area contributed by atoms with E-state index in [2.05, 4.69) is 0 Å². The van der Waals surface area contributed by atoms with Crippen LogP contribution in [0.3, 0.4) is 0 Å². The van der Waals surface area contributed by atoms with E-state index in [1.807, 2.05) is 65.8 Å². The van der Waals surface area contributed by atoms with Crippen LogP contribution in [0.4, 0.5) is 0 Å². The van der Waals surface area contributed by atoms with Crippen molar-refractivity contribution in [3.63, 3.8) is 0 Å². The van der Waals surface area contributed by atoms with Gasteiger partial charge in [0.25, 0.3) is 0 Å². The highest BCUT2D eigenvalue weighted by Crippen LogP contribution is 2.27. The monoisotopic (exact) mass is 949 g/mol. The Bertz CT molecular complexity index is 1710. The number of unbranched alkanes of at least 4 members (excludes halogenated alkanes) is 2. The lowest BCUT2D eigenvalue weighted by atomic mass is 9.86. The molecule has 0 aromatic heterocycles. The van der Waals surface area contributed by atoms with E-state index >= 15 is 0 Å². The second-order valence-corrected chi connectivity index (χ2v) is 19.1. The number of carboxylic acid groups (broad SMARTS) is 4. The van der Waals surface area contributed by atoms with Gasteiger partial charge in [0.2, 0.25) is 0 Å². The summed E-state index contributed by atoms with van der Waals surface area (Å²) in [6.07, 6.45) is 10.6. The van der Waals surface area contributed by atoms with Gasteiger partial charge in [0.1, 0.15) is 18.5 Å². The van der Waals surface area contributed by atoms with Crippen LogP contribution in [0.1, 0.15) is 165 Å². The van der Waals surface area contributed by atoms with Gasteiger partial charge in [0.15, 0.2) is 0 Å². The number of hydrogen-bond acceptors (Lipinski definition) is 12. The van der Waals surface area contributed by atoms with E-state index in [0.717, 1.165) is 18.4 Å². The molecule has 0 aromatic carbocycles. The minimum Gasteiger partial charge on any atom is -0.481 e. The number of ether oxygens (including phenoxy) is 3. The zero-order valence-electron chi connectivity index (χ0n) is 41.1. The van der Waals surface area contributed by atoms with Crippen molar-refractivity contribution < 1.29 is 78.1 Å². The standard InChI is InChI=1S/C51H80O16/c1-9-39(25-36(7)49(59)60)43(52)21-19-38-24-33(4)22-32(3)23-35(6)48(58)34(5)17-20-42(67-47(57)29-41(51(63)64)27-45(55)65-30-38)15-13-11-10-12-14-31(2)16-18-37(8)66-46(56)28-40(50(61)62)26-44(53)54/h12,14,23-24,31,33-37,39-42,48,58H,9-11,13,15-22,25-30H2,1-8H3,(H,53,54)(H,59,60)(H,61,62)(H,63,64)/b14-12+,32-23+,38-24-. The van der Waals surface area contributed by atoms with Gasteiger partial charge in [-0.25, -0.2) is 0 Å². The lowest BCUT2D eigenvalue weighted by Crippen LogP contribution is -2.28. The molecule has 5 N–H and O–H groups in total. The number of ketones is 1. The minimum atomic E-state index is -1.40. The van der Waals surface area contributed by atoms with Crippen molar-refractivity contribution in [1.82, 2.24) is 0 Å². The molecule has 0 spiro atoms. The first-order valence-corrected chi connectivity index (χ1v) is 24.1. The Balaban J connectivity index is 3.02. The molecule has 0 aromatic rings. The van der Waals surface area contributed by atoms with Crippen LogP contribution in [0, 0.1) is 47.3 Å². The zero-order valence-corrected chi connectivity index (χ0v) is 41.1. The van der Waals surface area contributed by atoms with Gasteiger partial charge in [-0.15, -0.1) is 0 Å². The number of carboxylic acids is 4. The second kappa shape index (κ2) is 32.0. The first kappa shape index (κ1) is 60.2. The largest absolute Gasteiger partial charge is 0.481 e. The van der Waals surface area contributed by atoms with Gasteiger partial charge in [-0.2, -0.15) is 0 Å². The number of allylic oxidation sites excluding steroid dienone is 4. The topological polar surface area (TPSA) is 265 Å². The van der Waals surface area contributed by atoms with Gasteiger partial charge in [0.05, 0.1) is 55.6 Å². The Hall–Kier alpha value is -4.86. The number of hydrogen-bond donors (Lipinski definition) is 5. The smallest absolute Gasteiger partial charge is 0.307 e. The summed E-state index contributed by atoms with van der Waals surface area (Å²) < 4.78 is 16.7. The Morgan fingerprint density at radius 2 is 1.52 bits per heavy atom. The first-order chi connectivity index (χ1) is 31.4. The summed E-state index contributed by atoms with van der Waals surface area (Å²) in [4.78, 5) is 97.7. The molecule has 1 heterocycles. The molecule has 0 saturated heterocycles. The minimum absolute atomic E-state index is 0.0436. The second-order valence-electron chi connectivity index (χ2n) is 19.1. The van der Waals surface area contributed by atoms with Crippen LogP contribution < -0.4 is 0 Å². The molecule has 1 rings (SSSR count). The van der Waals surface area contributed by atoms with Crippen LogP contribution in [0.5, 0.6) is 0 Å². The molecule has 0 aliphatic carbocycles. The summed E-state index contributed by atoms with van der Waals surface area (Å²) in [6.45, 7) is 14.8. The van der Waals surface area contributed by atoms with Crippen molar-refractivity contribution in [2.75, 3.05) is 6.61 Å². The van der Waals surface area contributed by atoms with Crippen molar-refractivity contribution in [3.8, 4) is 0 Å². The fraction of sp³-hybridized carbons (Fsp3) is 0.725. The summed E-state index contributed by atoms with van der Waals surface area (Å²) in [5.74, 6) is -11.5. The number of aliphatic hydroxyl groups excluding tert-OH is 1. The molecule has 0 bridgehead atoms. The molecule has 1 aliphatic rings. The lowest BCUT2D eigenvalue weighted by Gasteiger charge is -2.26. The number of Topliss-reactive ketones (excluding diaryl/α,β-unsaturated/α-hetero) is 1. The highest BCUT2D eigenvalue weighted by Gasteiger charge is 2.30. The maximum Gasteiger partial charge on any atom is 0.307 e. The molecule has 16 heteroatoms. The van der Waals surface area contributed by atoms with Crippen molar-refractivity contribution in [2.24, 2.45) is 47.3 Å². The van der Waals surface area contributed by atoms with Crippen molar-refractivity contribution >= 4 is 47.6 Å². The van der Waals surface area contributed by atoms with Gasteiger partial charge in [-0.3, -0.25) is 38.4 Å². The van der Waals surface area contributed by atoms with Crippen LogP contribution in [-0.2, 0) is 52.6 Å². The quantitative estimate of drug-likeness (QED) is 0.0262. The molecule has 16 nitrogen and oxygen atoms in total. The first-order valence-electron chi connectivity index (χ1n) is 24.1. The molecule has 11 unspecified atom stereocenters. The van der Waals surface area contributed by atoms with E-state index in [9.17, 15) is 58.8 Å². The average Bonchev–Trinajstić information content (AvgIpc) is 3.23. The van der Waals surface area contributed by atoms with E-state index in [1.54, 1.807) is 13.8 Å². The Labute approximate surface area is 397 Å². The normalized spacial score (nSPS) is 25.6. The highest BCUT2D eigenvalue weighted by molar-refractivity contribution is 5.84. The summed E-state index contributed by atoms with van der Waals surface area (Å²) in [6, 6.07) is 0. The fourth-order valence-corrected chi connectivity index (χ4v) is 8.39. The molecule has 1 aliphatic heterocycles. The fourth-order valence-electron chi connectivity index (χ4n) is 8.39. The highest BCUT2D eigenvalue weighted by atomic mass is 16.5. The van der Waals surface area contributed by atoms with E-state index in [0.29, 0.717) is 56.9 Å². The van der Waals surface area contributed by atoms with E-state index in [4.69, 9.17) is 19.3 Å². The van der Waals surface area contributed by atoms with Gasteiger partial charge >= 0.3 is 41.8 Å². The number of aliphatic hydroxyl groups is 1. The van der Waals surface area contributed by atoms with Gasteiger partial charge < -0.3 is 39.7 Å². The van der Waals surface area contributed by atoms with Crippen LogP contribution in [0.15, 0.2) is 35.5 Å². The molecular formula is C51H80O16. The summed E-state index contributed by atoms with van der Waals surface area (Å²) in [7, 11) is 0. The summed E-state index contributed by atoms with van der Waals surface area (Å²) in [5, 5.41) is 48.8. The Morgan fingerprint density at radius 1 is 0.851 bits per heavy atom. The SMILES string of the molecule is CCC(CC(C)C(=O)O)C(=O)CC/C1=C/C(C)C/C(C)=C/C(C)C(O)C(C)CCC(CCCC/C=C/C(C)CCC(C)OC(=O)CC(CC(=O)O)C(=O)O)OC(=O)CC(C(=O)O)CC(=O)OC1. The third-order valence-corrected chi connectivity index (χ3v) is 12.5. The van der Waals surface area contributed by atoms with Crippen LogP contribution in [-0.4, -0.2) is 98.0 Å². The van der Waals surface area contributed by atoms with Crippen LogP contribution in [0.25, 0.3) is 0 Å². The van der Waals surface area contributed by atoms with E-state index < -0.39 is 109 Å². The molecule has 11 atom stereocenters. The third-order valence-electron chi connectivity index (χ3n) is 12.5. The van der Waals surface area contributed by atoms with E-state index in [1.165, 1.54) is 0 Å². The average molecular weight is 949 g/mol. The number of carbonyl (C=O) groups excluding carboxylic acids is 4.